The van der Waals surface area contributed by atoms with Crippen molar-refractivity contribution in [3.63, 3.8) is 0 Å². The van der Waals surface area contributed by atoms with Crippen LogP contribution >= 0.6 is 0 Å². The van der Waals surface area contributed by atoms with Crippen LogP contribution in [0, 0.1) is 0 Å². The zero-order chi connectivity index (χ0) is 12.8. The van der Waals surface area contributed by atoms with Crippen molar-refractivity contribution in [3.8, 4) is 5.75 Å². The van der Waals surface area contributed by atoms with E-state index in [0.29, 0.717) is 0 Å². The van der Waals surface area contributed by atoms with Crippen molar-refractivity contribution in [2.45, 2.75) is 12.8 Å². The summed E-state index contributed by atoms with van der Waals surface area (Å²) < 4.78 is 5.23. The van der Waals surface area contributed by atoms with Crippen molar-refractivity contribution >= 4 is 30.1 Å². The summed E-state index contributed by atoms with van der Waals surface area (Å²) in [5.41, 5.74) is 5.18. The van der Waals surface area contributed by atoms with E-state index in [1.807, 2.05) is 6.07 Å². The minimum absolute atomic E-state index is 0.744. The van der Waals surface area contributed by atoms with Gasteiger partial charge < -0.3 is 9.68 Å². The molecule has 1 N–H and O–H groups in total. The summed E-state index contributed by atoms with van der Waals surface area (Å²) in [5.74, 6) is 0.744. The summed E-state index contributed by atoms with van der Waals surface area (Å²) in [5, 5.41) is 11.4. The van der Waals surface area contributed by atoms with E-state index in [1.54, 1.807) is 0 Å². The average Bonchev–Trinajstić information content (AvgIpc) is 2.46. The van der Waals surface area contributed by atoms with Gasteiger partial charge in [-0.1, -0.05) is 36.4 Å². The number of rotatable bonds is 2. The van der Waals surface area contributed by atoms with Gasteiger partial charge in [-0.15, -0.1) is 0 Å². The Labute approximate surface area is 112 Å². The van der Waals surface area contributed by atoms with Crippen LogP contribution in [-0.2, 0) is 6.42 Å². The van der Waals surface area contributed by atoms with Gasteiger partial charge in [-0.05, 0) is 46.4 Å². The van der Waals surface area contributed by atoms with Crippen LogP contribution < -0.4 is 4.65 Å². The molecule has 2 aromatic rings. The topological polar surface area (TPSA) is 29.5 Å². The van der Waals surface area contributed by atoms with Gasteiger partial charge in [0.25, 0.3) is 0 Å². The second-order valence-corrected chi connectivity index (χ2v) is 4.93. The molecule has 2 aliphatic carbocycles. The minimum Gasteiger partial charge on any atom is -0.537 e. The summed E-state index contributed by atoms with van der Waals surface area (Å²) in [7, 11) is 0.756. The van der Waals surface area contributed by atoms with E-state index in [4.69, 9.17) is 9.68 Å². The average molecular weight is 247 g/mol. The molecule has 19 heavy (non-hydrogen) atoms. The lowest BCUT2D eigenvalue weighted by atomic mass is 9.81. The van der Waals surface area contributed by atoms with Gasteiger partial charge in [-0.2, -0.15) is 0 Å². The Hall–Kier alpha value is -2.00. The highest BCUT2D eigenvalue weighted by atomic mass is 16.5. The molecule has 0 atom stereocenters. The minimum atomic E-state index is 0.744. The monoisotopic (exact) mass is 247 g/mol. The van der Waals surface area contributed by atoms with Gasteiger partial charge in [-0.25, -0.2) is 0 Å². The summed E-state index contributed by atoms with van der Waals surface area (Å²) >= 11 is 0. The Kier molecular flexibility index (Phi) is 2.29. The van der Waals surface area contributed by atoms with Gasteiger partial charge in [0.05, 0.1) is 0 Å². The number of hydrogen-bond donors (Lipinski definition) is 1. The van der Waals surface area contributed by atoms with Crippen LogP contribution in [0.25, 0.3) is 22.4 Å². The summed E-state index contributed by atoms with van der Waals surface area (Å²) in [6.45, 7) is 0. The molecule has 0 fully saturated rings. The highest BCUT2D eigenvalue weighted by molar-refractivity contribution is 6.17. The Morgan fingerprint density at radius 1 is 1.11 bits per heavy atom. The Morgan fingerprint density at radius 2 is 2.00 bits per heavy atom. The molecule has 91 valence electrons. The van der Waals surface area contributed by atoms with Crippen LogP contribution in [0.4, 0.5) is 0 Å². The SMILES string of the molecule is O[B]Oc1ccc2ccc3c4c2c1CC=C4CC=C3. The predicted molar refractivity (Wildman–Crippen MR) is 77.9 cm³/mol. The van der Waals surface area contributed by atoms with Crippen LogP contribution in [-0.4, -0.2) is 12.7 Å². The normalized spacial score (nSPS) is 15.3. The standard InChI is InChI=1S/C16H12BO2/c18-17-19-14-9-7-12-5-4-10-2-1-3-11-6-8-13(14)16(12)15(10)11/h1-2,4-7,9,18H,3,8H2. The first-order chi connectivity index (χ1) is 9.38. The lowest BCUT2D eigenvalue weighted by Crippen LogP contribution is -2.07. The lowest BCUT2D eigenvalue weighted by Gasteiger charge is -2.24. The van der Waals surface area contributed by atoms with Crippen molar-refractivity contribution in [3.05, 3.63) is 53.1 Å². The number of hydrogen-bond acceptors (Lipinski definition) is 2. The van der Waals surface area contributed by atoms with E-state index in [9.17, 15) is 0 Å². The van der Waals surface area contributed by atoms with Crippen molar-refractivity contribution in [1.82, 2.24) is 0 Å². The molecule has 4 rings (SSSR count). The molecule has 0 aliphatic heterocycles. The molecule has 1 radical (unpaired) electrons. The third-order valence-corrected chi connectivity index (χ3v) is 3.97. The Bertz CT molecular complexity index is 744. The first kappa shape index (κ1) is 10.9. The Balaban J connectivity index is 2.11. The molecule has 0 spiro atoms. The van der Waals surface area contributed by atoms with E-state index in [2.05, 4.69) is 36.4 Å². The second kappa shape index (κ2) is 4.00. The molecule has 0 saturated carbocycles. The summed E-state index contributed by atoms with van der Waals surface area (Å²) in [6.07, 6.45) is 8.54. The lowest BCUT2D eigenvalue weighted by molar-refractivity contribution is 0.451. The van der Waals surface area contributed by atoms with E-state index in [-0.39, 0.29) is 0 Å². The van der Waals surface area contributed by atoms with Crippen LogP contribution in [0.1, 0.15) is 23.1 Å². The smallest absolute Gasteiger partial charge is 0.537 e. The highest BCUT2D eigenvalue weighted by Gasteiger charge is 2.21. The number of allylic oxidation sites excluding steroid dienone is 3. The fourth-order valence-electron chi connectivity index (χ4n) is 3.17. The van der Waals surface area contributed by atoms with Gasteiger partial charge in [0.2, 0.25) is 0 Å². The molecule has 0 unspecified atom stereocenters. The molecule has 0 aromatic heterocycles. The van der Waals surface area contributed by atoms with Crippen molar-refractivity contribution in [1.29, 1.82) is 0 Å². The molecule has 2 nitrogen and oxygen atoms in total. The van der Waals surface area contributed by atoms with Crippen LogP contribution in [0.3, 0.4) is 0 Å². The zero-order valence-electron chi connectivity index (χ0n) is 10.4. The van der Waals surface area contributed by atoms with Crippen molar-refractivity contribution in [2.75, 3.05) is 0 Å². The zero-order valence-corrected chi connectivity index (χ0v) is 10.4. The molecular formula is C16H12BO2. The molecule has 0 bridgehead atoms. The highest BCUT2D eigenvalue weighted by Crippen LogP contribution is 2.42. The third-order valence-electron chi connectivity index (χ3n) is 3.97. The molecule has 3 heteroatoms. The van der Waals surface area contributed by atoms with Crippen LogP contribution in [0.5, 0.6) is 5.75 Å². The van der Waals surface area contributed by atoms with Crippen molar-refractivity contribution in [2.24, 2.45) is 0 Å². The molecule has 0 saturated heterocycles. The van der Waals surface area contributed by atoms with E-state index < -0.39 is 0 Å². The van der Waals surface area contributed by atoms with Crippen molar-refractivity contribution < 1.29 is 9.68 Å². The predicted octanol–water partition coefficient (Wildman–Crippen LogP) is 3.10. The molecule has 0 heterocycles. The van der Waals surface area contributed by atoms with Crippen LogP contribution in [0.2, 0.25) is 0 Å². The van der Waals surface area contributed by atoms with E-state index in [1.165, 1.54) is 33.0 Å². The molecule has 2 aliphatic rings. The maximum atomic E-state index is 8.89. The van der Waals surface area contributed by atoms with Gasteiger partial charge in [0.15, 0.2) is 0 Å². The van der Waals surface area contributed by atoms with E-state index in [0.717, 1.165) is 26.3 Å². The maximum Gasteiger partial charge on any atom is 0.569 e. The maximum absolute atomic E-state index is 8.89. The fourth-order valence-corrected chi connectivity index (χ4v) is 3.17. The fraction of sp³-hybridized carbons (Fsp3) is 0.125. The van der Waals surface area contributed by atoms with Gasteiger partial charge in [0.1, 0.15) is 5.75 Å². The first-order valence-electron chi connectivity index (χ1n) is 6.45. The molecular weight excluding hydrogens is 235 g/mol. The third kappa shape index (κ3) is 1.48. The Morgan fingerprint density at radius 3 is 2.89 bits per heavy atom. The second-order valence-electron chi connectivity index (χ2n) is 4.93. The number of benzene rings is 2. The van der Waals surface area contributed by atoms with Gasteiger partial charge in [-0.3, -0.25) is 0 Å². The summed E-state index contributed by atoms with van der Waals surface area (Å²) in [6, 6.07) is 8.31. The first-order valence-corrected chi connectivity index (χ1v) is 6.45. The van der Waals surface area contributed by atoms with Gasteiger partial charge >= 0.3 is 7.69 Å². The quantitative estimate of drug-likeness (QED) is 0.826. The van der Waals surface area contributed by atoms with E-state index >= 15 is 0 Å². The van der Waals surface area contributed by atoms with Gasteiger partial charge in [0, 0.05) is 5.56 Å². The largest absolute Gasteiger partial charge is 0.569 e. The summed E-state index contributed by atoms with van der Waals surface area (Å²) in [4.78, 5) is 0. The molecule has 0 amide bonds. The molecule has 2 aromatic carbocycles. The van der Waals surface area contributed by atoms with Crippen LogP contribution in [0.15, 0.2) is 36.4 Å².